The van der Waals surface area contributed by atoms with Gasteiger partial charge in [0.25, 0.3) is 0 Å². The number of aryl methyl sites for hydroxylation is 1. The molecule has 4 saturated carbocycles. The molecule has 0 amide bonds. The maximum Gasteiger partial charge on any atom is 0.331 e. The fraction of sp³-hybridized carbons (Fsp3) is 0.593. The number of carboxylic acids is 1. The molecule has 0 heterocycles. The summed E-state index contributed by atoms with van der Waals surface area (Å²) in [6.07, 6.45) is 14.7. The zero-order chi connectivity index (χ0) is 46.0. The molecule has 65 heavy (non-hydrogen) atoms. The Morgan fingerprint density at radius 3 is 2.43 bits per heavy atom. The van der Waals surface area contributed by atoms with Gasteiger partial charge in [-0.2, -0.15) is 0 Å². The Morgan fingerprint density at radius 1 is 0.892 bits per heavy atom. The summed E-state index contributed by atoms with van der Waals surface area (Å²) >= 11 is 0. The average molecular weight is 882 g/mol. The number of aliphatic imine (C=N–C) groups is 1. The molecule has 342 valence electrons. The van der Waals surface area contributed by atoms with Gasteiger partial charge in [-0.1, -0.05) is 87.3 Å². The van der Waals surface area contributed by atoms with Crippen molar-refractivity contribution in [2.75, 3.05) is 0 Å². The van der Waals surface area contributed by atoms with E-state index in [4.69, 9.17) is 16.5 Å². The molecular weight excluding hydrogens is 819 g/mol. The van der Waals surface area contributed by atoms with Gasteiger partial charge in [0.2, 0.25) is 0 Å². The second-order valence-electron chi connectivity index (χ2n) is 22.3. The van der Waals surface area contributed by atoms with Crippen molar-refractivity contribution in [3.05, 3.63) is 87.6 Å². The lowest BCUT2D eigenvalue weighted by molar-refractivity contribution is -0.207. The first-order valence-corrected chi connectivity index (χ1v) is 24.1. The smallest absolute Gasteiger partial charge is 0.331 e. The molecule has 13 unspecified atom stereocenters. The van der Waals surface area contributed by atoms with Crippen LogP contribution in [0.3, 0.4) is 0 Å². The molecular formula is C54H63N3O8. The summed E-state index contributed by atoms with van der Waals surface area (Å²) in [4.78, 5) is 48.4. The van der Waals surface area contributed by atoms with E-state index in [2.05, 4.69) is 37.0 Å². The molecule has 4 fully saturated rings. The van der Waals surface area contributed by atoms with Crippen LogP contribution in [0, 0.1) is 56.7 Å². The van der Waals surface area contributed by atoms with E-state index in [-0.39, 0.29) is 60.8 Å². The maximum atomic E-state index is 16.3. The second-order valence-corrected chi connectivity index (χ2v) is 22.3. The molecule has 0 aliphatic heterocycles. The number of hydrogen-bond acceptors (Lipinski definition) is 8. The standard InChI is InChI=1S/C54H63N3O8/c1-31(44(61)62)36-16-23-50(57-45(55)56)25-24-48(32(2)54(50,65)43(36)60)30-51(63)26-27-52(64)39(35-15-14-33-12-6-7-13-34(33)28-35)41-46(3)18-8-4-11-21-53(51)42(52)40-37(58)29-49(48,53)20-10-5-9-19-47(40,41)22-17-38(46)59/h6-7,12-13,24-28,32,39,41,43,60,63-65H,5,9-11,14-23,29-30H2,1-3H3,(H,61,62)(H4,55,56,57). The lowest BCUT2D eigenvalue weighted by Gasteiger charge is -2.72. The number of carbonyl (C=O) groups excluding carboxylic acids is 2. The van der Waals surface area contributed by atoms with Gasteiger partial charge in [-0.25, -0.2) is 9.79 Å². The van der Waals surface area contributed by atoms with Crippen LogP contribution in [0.2, 0.25) is 0 Å². The van der Waals surface area contributed by atoms with Crippen LogP contribution in [0.25, 0.3) is 6.08 Å². The summed E-state index contributed by atoms with van der Waals surface area (Å²) in [5, 5.41) is 65.5. The summed E-state index contributed by atoms with van der Waals surface area (Å²) in [5.41, 5.74) is 4.21. The topological polar surface area (TPSA) is 217 Å². The Kier molecular flexibility index (Phi) is 8.95. The number of benzene rings is 1. The molecule has 11 rings (SSSR count). The minimum absolute atomic E-state index is 0.0123. The first-order chi connectivity index (χ1) is 30.8. The quantitative estimate of drug-likeness (QED) is 0.0624. The van der Waals surface area contributed by atoms with Crippen LogP contribution in [-0.2, 0) is 20.8 Å². The van der Waals surface area contributed by atoms with Crippen LogP contribution in [0.1, 0.15) is 128 Å². The molecule has 0 saturated heterocycles. The Bertz CT molecular complexity index is 2640. The number of guanidine groups is 1. The number of carboxylic acid groups (broad SMARTS) is 1. The summed E-state index contributed by atoms with van der Waals surface area (Å²) in [5.74, 6) is 3.45. The monoisotopic (exact) mass is 881 g/mol. The van der Waals surface area contributed by atoms with E-state index in [9.17, 15) is 35.1 Å². The number of ketones is 2. The lowest BCUT2D eigenvalue weighted by Crippen LogP contribution is -2.74. The first-order valence-electron chi connectivity index (χ1n) is 24.1. The number of aliphatic hydroxyl groups excluding tert-OH is 1. The number of aliphatic carboxylic acids is 1. The molecule has 13 atom stereocenters. The predicted molar refractivity (Wildman–Crippen MR) is 244 cm³/mol. The molecule has 10 aliphatic carbocycles. The van der Waals surface area contributed by atoms with Crippen LogP contribution >= 0.6 is 0 Å². The van der Waals surface area contributed by atoms with E-state index in [0.29, 0.717) is 62.5 Å². The number of nitrogens with two attached hydrogens (primary N) is 2. The first kappa shape index (κ1) is 43.0. The zero-order valence-corrected chi connectivity index (χ0v) is 37.9. The van der Waals surface area contributed by atoms with E-state index in [0.717, 1.165) is 30.4 Å². The molecule has 9 N–H and O–H groups in total. The summed E-state index contributed by atoms with van der Waals surface area (Å²) in [6, 6.07) is 8.32. The van der Waals surface area contributed by atoms with Crippen molar-refractivity contribution in [2.24, 2.45) is 61.3 Å². The number of fused-ring (bicyclic) bond motifs is 3. The molecule has 1 aromatic rings. The fourth-order valence-electron chi connectivity index (χ4n) is 17.8. The summed E-state index contributed by atoms with van der Waals surface area (Å²) in [7, 11) is 0. The number of hydrogen-bond donors (Lipinski definition) is 7. The van der Waals surface area contributed by atoms with E-state index in [1.165, 1.54) is 12.5 Å². The van der Waals surface area contributed by atoms with Crippen molar-refractivity contribution in [3.63, 3.8) is 0 Å². The molecule has 0 radical (unpaired) electrons. The normalized spacial score (nSPS) is 47.3. The molecule has 0 aromatic heterocycles. The van der Waals surface area contributed by atoms with Crippen molar-refractivity contribution in [1.82, 2.24) is 0 Å². The van der Waals surface area contributed by atoms with Crippen molar-refractivity contribution in [3.8, 4) is 11.8 Å². The van der Waals surface area contributed by atoms with Gasteiger partial charge >= 0.3 is 5.97 Å². The number of Topliss-reactive ketones (excluding diaryl/α,β-unsaturated/α-hetero) is 2. The van der Waals surface area contributed by atoms with Crippen molar-refractivity contribution >= 4 is 29.6 Å². The third kappa shape index (κ3) is 4.82. The summed E-state index contributed by atoms with van der Waals surface area (Å²) < 4.78 is 0. The Labute approximate surface area is 380 Å². The highest BCUT2D eigenvalue weighted by Gasteiger charge is 2.86. The number of allylic oxidation sites excluding steroid dienone is 2. The van der Waals surface area contributed by atoms with Crippen LogP contribution in [0.4, 0.5) is 0 Å². The predicted octanol–water partition coefficient (Wildman–Crippen LogP) is 5.94. The molecule has 10 aliphatic rings. The zero-order valence-electron chi connectivity index (χ0n) is 37.9. The number of rotatable bonds is 3. The van der Waals surface area contributed by atoms with Crippen LogP contribution in [0.5, 0.6) is 0 Å². The van der Waals surface area contributed by atoms with Gasteiger partial charge in [-0.05, 0) is 104 Å². The molecule has 11 heteroatoms. The average Bonchev–Trinajstić information content (AvgIpc) is 3.44. The Hall–Kier alpha value is -4.60. The highest BCUT2D eigenvalue weighted by Crippen LogP contribution is 2.86. The van der Waals surface area contributed by atoms with E-state index < -0.39 is 79.2 Å². The second kappa shape index (κ2) is 13.5. The number of aliphatic hydroxyl groups is 4. The van der Waals surface area contributed by atoms with E-state index in [1.54, 1.807) is 12.2 Å². The Balaban J connectivity index is 1.26. The van der Waals surface area contributed by atoms with Gasteiger partial charge in [0.1, 0.15) is 28.6 Å². The van der Waals surface area contributed by atoms with Crippen molar-refractivity contribution in [2.45, 2.75) is 152 Å². The van der Waals surface area contributed by atoms with Gasteiger partial charge in [0.15, 0.2) is 11.7 Å². The lowest BCUT2D eigenvalue weighted by atomic mass is 9.31. The summed E-state index contributed by atoms with van der Waals surface area (Å²) in [6.45, 7) is 5.33. The SMILES string of the molecule is CC(C(=O)O)=C1CCC2(N=C(N)N)C=CC3(CC4(O)C=CC5(O)C6=C7C(=O)CC38CCCCCC73CCC(=O)C(C)(CC#CCCC648)C3C5C3=Cc4ccccc4CC3)C(C)C2(O)C1O. The van der Waals surface area contributed by atoms with E-state index >= 15 is 4.79 Å². The van der Waals surface area contributed by atoms with Crippen LogP contribution < -0.4 is 11.5 Å². The van der Waals surface area contributed by atoms with Gasteiger partial charge < -0.3 is 37.0 Å². The maximum absolute atomic E-state index is 16.3. The third-order valence-corrected chi connectivity index (χ3v) is 20.3. The minimum atomic E-state index is -2.21. The Morgan fingerprint density at radius 2 is 1.66 bits per heavy atom. The largest absolute Gasteiger partial charge is 0.478 e. The van der Waals surface area contributed by atoms with Crippen LogP contribution in [-0.4, -0.2) is 77.5 Å². The molecule has 1 aromatic carbocycles. The fourth-order valence-corrected chi connectivity index (χ4v) is 17.8. The van der Waals surface area contributed by atoms with Gasteiger partial charge in [0.05, 0.1) is 5.60 Å². The van der Waals surface area contributed by atoms with Gasteiger partial charge in [-0.15, -0.1) is 11.8 Å². The number of carbonyl (C=O) groups is 3. The molecule has 4 spiro atoms. The minimum Gasteiger partial charge on any atom is -0.478 e. The third-order valence-electron chi connectivity index (χ3n) is 20.3. The van der Waals surface area contributed by atoms with E-state index in [1.807, 2.05) is 31.2 Å². The van der Waals surface area contributed by atoms with Crippen molar-refractivity contribution in [1.29, 1.82) is 0 Å². The van der Waals surface area contributed by atoms with Crippen molar-refractivity contribution < 1.29 is 39.9 Å². The van der Waals surface area contributed by atoms with Crippen LogP contribution in [0.15, 0.2) is 81.4 Å². The molecule has 11 nitrogen and oxygen atoms in total. The molecule has 6 bridgehead atoms. The van der Waals surface area contributed by atoms with Gasteiger partial charge in [0, 0.05) is 70.3 Å². The number of nitrogens with zero attached hydrogens (tertiary/aromatic N) is 1. The highest BCUT2D eigenvalue weighted by atomic mass is 16.4. The highest BCUT2D eigenvalue weighted by molar-refractivity contribution is 6.02. The van der Waals surface area contributed by atoms with Gasteiger partial charge in [-0.3, -0.25) is 9.59 Å².